The highest BCUT2D eigenvalue weighted by Crippen LogP contribution is 2.41. The van der Waals surface area contributed by atoms with Gasteiger partial charge in [0.1, 0.15) is 0 Å². The van der Waals surface area contributed by atoms with E-state index in [1.165, 1.54) is 32.2 Å². The zero-order chi connectivity index (χ0) is 8.60. The molecular weight excluding hydrogens is 150 g/mol. The Kier molecular flexibility index (Phi) is 2.13. The fourth-order valence-corrected chi connectivity index (χ4v) is 2.93. The van der Waals surface area contributed by atoms with Crippen LogP contribution in [0.1, 0.15) is 32.6 Å². The fourth-order valence-electron chi connectivity index (χ4n) is 2.93. The molecule has 12 heavy (non-hydrogen) atoms. The van der Waals surface area contributed by atoms with Gasteiger partial charge in [0.2, 0.25) is 0 Å². The van der Waals surface area contributed by atoms with Gasteiger partial charge in [0, 0.05) is 18.7 Å². The van der Waals surface area contributed by atoms with Crippen molar-refractivity contribution in [2.75, 3.05) is 20.3 Å². The molecule has 2 saturated heterocycles. The molecular formula is C10H19NO. The van der Waals surface area contributed by atoms with Crippen LogP contribution in [0.15, 0.2) is 0 Å². The van der Waals surface area contributed by atoms with Crippen LogP contribution in [-0.2, 0) is 4.74 Å². The molecule has 0 aromatic carbocycles. The van der Waals surface area contributed by atoms with Gasteiger partial charge in [0.15, 0.2) is 0 Å². The van der Waals surface area contributed by atoms with Crippen molar-refractivity contribution in [3.63, 3.8) is 0 Å². The van der Waals surface area contributed by atoms with Crippen molar-refractivity contribution in [1.29, 1.82) is 0 Å². The summed E-state index contributed by atoms with van der Waals surface area (Å²) in [6.45, 7) is 4.63. The van der Waals surface area contributed by atoms with Gasteiger partial charge in [-0.1, -0.05) is 0 Å². The zero-order valence-electron chi connectivity index (χ0n) is 8.18. The first kappa shape index (κ1) is 8.52. The van der Waals surface area contributed by atoms with E-state index in [-0.39, 0.29) is 0 Å². The Morgan fingerprint density at radius 2 is 2.33 bits per heavy atom. The summed E-state index contributed by atoms with van der Waals surface area (Å²) < 4.78 is 5.24. The number of hydrogen-bond acceptors (Lipinski definition) is 2. The summed E-state index contributed by atoms with van der Waals surface area (Å²) in [5, 5.41) is 0. The van der Waals surface area contributed by atoms with Gasteiger partial charge in [-0.3, -0.25) is 4.90 Å². The zero-order valence-corrected chi connectivity index (χ0v) is 8.18. The van der Waals surface area contributed by atoms with Crippen molar-refractivity contribution in [1.82, 2.24) is 4.90 Å². The maximum absolute atomic E-state index is 5.24. The maximum atomic E-state index is 5.24. The highest BCUT2D eigenvalue weighted by Gasteiger charge is 2.45. The lowest BCUT2D eigenvalue weighted by atomic mass is 9.97. The third-order valence-electron chi connectivity index (χ3n) is 3.62. The second-order valence-corrected chi connectivity index (χ2v) is 4.44. The Labute approximate surface area is 74.9 Å². The van der Waals surface area contributed by atoms with Gasteiger partial charge in [-0.15, -0.1) is 0 Å². The van der Waals surface area contributed by atoms with E-state index in [1.54, 1.807) is 0 Å². The van der Waals surface area contributed by atoms with Crippen LogP contribution in [0.25, 0.3) is 0 Å². The molecule has 0 spiro atoms. The SMILES string of the molecule is COC[C@@H]1CC[C@]2(C)CCCN12. The predicted octanol–water partition coefficient (Wildman–Crippen LogP) is 1.65. The molecule has 0 radical (unpaired) electrons. The summed E-state index contributed by atoms with van der Waals surface area (Å²) in [5.74, 6) is 0. The van der Waals surface area contributed by atoms with Crippen LogP contribution in [0, 0.1) is 0 Å². The molecule has 0 aliphatic carbocycles. The quantitative estimate of drug-likeness (QED) is 0.623. The molecule has 2 atom stereocenters. The number of fused-ring (bicyclic) bond motifs is 1. The van der Waals surface area contributed by atoms with Crippen molar-refractivity contribution < 1.29 is 4.74 Å². The molecule has 0 amide bonds. The summed E-state index contributed by atoms with van der Waals surface area (Å²) in [6.07, 6.45) is 5.50. The Morgan fingerprint density at radius 3 is 3.08 bits per heavy atom. The van der Waals surface area contributed by atoms with Crippen LogP contribution < -0.4 is 0 Å². The number of nitrogens with zero attached hydrogens (tertiary/aromatic N) is 1. The lowest BCUT2D eigenvalue weighted by Gasteiger charge is -2.31. The second-order valence-electron chi connectivity index (χ2n) is 4.44. The van der Waals surface area contributed by atoms with Crippen molar-refractivity contribution in [2.45, 2.75) is 44.2 Å². The van der Waals surface area contributed by atoms with Gasteiger partial charge >= 0.3 is 0 Å². The van der Waals surface area contributed by atoms with Gasteiger partial charge in [0.25, 0.3) is 0 Å². The molecule has 2 aliphatic rings. The van der Waals surface area contributed by atoms with Gasteiger partial charge < -0.3 is 4.74 Å². The average molecular weight is 169 g/mol. The Hall–Kier alpha value is -0.0800. The summed E-state index contributed by atoms with van der Waals surface area (Å²) in [7, 11) is 1.81. The predicted molar refractivity (Wildman–Crippen MR) is 49.2 cm³/mol. The molecule has 0 unspecified atom stereocenters. The first-order chi connectivity index (χ1) is 5.76. The third kappa shape index (κ3) is 1.17. The number of methoxy groups -OCH3 is 1. The van der Waals surface area contributed by atoms with E-state index < -0.39 is 0 Å². The molecule has 2 fully saturated rings. The largest absolute Gasteiger partial charge is 0.383 e. The molecule has 70 valence electrons. The molecule has 0 bridgehead atoms. The lowest BCUT2D eigenvalue weighted by molar-refractivity contribution is 0.0884. The van der Waals surface area contributed by atoms with Gasteiger partial charge in [-0.25, -0.2) is 0 Å². The Morgan fingerprint density at radius 1 is 1.50 bits per heavy atom. The van der Waals surface area contributed by atoms with Crippen LogP contribution >= 0.6 is 0 Å². The summed E-state index contributed by atoms with van der Waals surface area (Å²) in [4.78, 5) is 2.66. The molecule has 2 heteroatoms. The van der Waals surface area contributed by atoms with Gasteiger partial charge in [0.05, 0.1) is 6.61 Å². The summed E-state index contributed by atoms with van der Waals surface area (Å²) in [6, 6.07) is 0.711. The van der Waals surface area contributed by atoms with Crippen LogP contribution in [0.5, 0.6) is 0 Å². The van der Waals surface area contributed by atoms with Crippen LogP contribution in [0.3, 0.4) is 0 Å². The number of hydrogen-bond donors (Lipinski definition) is 0. The molecule has 0 aromatic heterocycles. The fraction of sp³-hybridized carbons (Fsp3) is 1.00. The monoisotopic (exact) mass is 169 g/mol. The molecule has 0 N–H and O–H groups in total. The van der Waals surface area contributed by atoms with Crippen LogP contribution in [0.2, 0.25) is 0 Å². The van der Waals surface area contributed by atoms with E-state index in [2.05, 4.69) is 11.8 Å². The average Bonchev–Trinajstić information content (AvgIpc) is 2.51. The minimum absolute atomic E-state index is 0.531. The van der Waals surface area contributed by atoms with E-state index in [9.17, 15) is 0 Å². The Balaban J connectivity index is 2.03. The van der Waals surface area contributed by atoms with E-state index in [0.29, 0.717) is 11.6 Å². The van der Waals surface area contributed by atoms with Gasteiger partial charge in [-0.05, 0) is 39.2 Å². The van der Waals surface area contributed by atoms with E-state index in [0.717, 1.165) is 6.61 Å². The normalized spacial score (nSPS) is 42.0. The van der Waals surface area contributed by atoms with Crippen molar-refractivity contribution in [2.24, 2.45) is 0 Å². The van der Waals surface area contributed by atoms with Crippen LogP contribution in [0.4, 0.5) is 0 Å². The third-order valence-corrected chi connectivity index (χ3v) is 3.62. The minimum Gasteiger partial charge on any atom is -0.383 e. The molecule has 0 aromatic rings. The number of ether oxygens (including phenoxy) is 1. The van der Waals surface area contributed by atoms with E-state index >= 15 is 0 Å². The highest BCUT2D eigenvalue weighted by atomic mass is 16.5. The highest BCUT2D eigenvalue weighted by molar-refractivity contribution is 5.01. The standard InChI is InChI=1S/C10H19NO/c1-10-5-3-7-11(10)9(4-6-10)8-12-2/h9H,3-8H2,1-2H3/t9-,10-/m0/s1. The number of rotatable bonds is 2. The summed E-state index contributed by atoms with van der Waals surface area (Å²) >= 11 is 0. The summed E-state index contributed by atoms with van der Waals surface area (Å²) in [5.41, 5.74) is 0.531. The first-order valence-electron chi connectivity index (χ1n) is 5.02. The van der Waals surface area contributed by atoms with Crippen molar-refractivity contribution in [3.8, 4) is 0 Å². The smallest absolute Gasteiger partial charge is 0.0618 e. The van der Waals surface area contributed by atoms with Crippen molar-refractivity contribution >= 4 is 0 Å². The Bertz CT molecular complexity index is 171. The maximum Gasteiger partial charge on any atom is 0.0618 e. The molecule has 2 heterocycles. The van der Waals surface area contributed by atoms with Gasteiger partial charge in [-0.2, -0.15) is 0 Å². The van der Waals surface area contributed by atoms with E-state index in [1.807, 2.05) is 7.11 Å². The first-order valence-corrected chi connectivity index (χ1v) is 5.02. The molecule has 2 rings (SSSR count). The van der Waals surface area contributed by atoms with Crippen LogP contribution in [-0.4, -0.2) is 36.7 Å². The topological polar surface area (TPSA) is 12.5 Å². The molecule has 0 saturated carbocycles. The lowest BCUT2D eigenvalue weighted by Crippen LogP contribution is -2.41. The van der Waals surface area contributed by atoms with E-state index in [4.69, 9.17) is 4.74 Å². The second kappa shape index (κ2) is 3.00. The molecule has 2 aliphatic heterocycles. The molecule has 2 nitrogen and oxygen atoms in total. The minimum atomic E-state index is 0.531. The van der Waals surface area contributed by atoms with Crippen molar-refractivity contribution in [3.05, 3.63) is 0 Å².